The van der Waals surface area contributed by atoms with E-state index in [-0.39, 0.29) is 0 Å². The van der Waals surface area contributed by atoms with E-state index < -0.39 is 0 Å². The highest BCUT2D eigenvalue weighted by Gasteiger charge is 2.26. The van der Waals surface area contributed by atoms with Gasteiger partial charge in [-0.1, -0.05) is 6.42 Å². The second kappa shape index (κ2) is 5.66. The molecule has 108 valence electrons. The van der Waals surface area contributed by atoms with Gasteiger partial charge in [0.2, 0.25) is 0 Å². The van der Waals surface area contributed by atoms with Crippen molar-refractivity contribution in [2.24, 2.45) is 17.6 Å². The molecule has 3 rings (SSSR count). The van der Waals surface area contributed by atoms with Gasteiger partial charge in [-0.15, -0.1) is 11.3 Å². The molecule has 0 aromatic carbocycles. The molecule has 2 aromatic heterocycles. The summed E-state index contributed by atoms with van der Waals surface area (Å²) < 4.78 is 0. The molecule has 3 N–H and O–H groups in total. The van der Waals surface area contributed by atoms with Crippen LogP contribution in [0.3, 0.4) is 0 Å². The van der Waals surface area contributed by atoms with Crippen LogP contribution in [-0.4, -0.2) is 23.1 Å². The smallest absolute Gasteiger partial charge is 0.138 e. The molecule has 1 saturated carbocycles. The van der Waals surface area contributed by atoms with Gasteiger partial charge in [0.15, 0.2) is 0 Å². The van der Waals surface area contributed by atoms with E-state index >= 15 is 0 Å². The van der Waals surface area contributed by atoms with Crippen molar-refractivity contribution in [3.63, 3.8) is 0 Å². The highest BCUT2D eigenvalue weighted by molar-refractivity contribution is 7.18. The minimum atomic E-state index is 0.671. The number of hydrogen-bond donors (Lipinski definition) is 2. The molecule has 0 spiro atoms. The lowest BCUT2D eigenvalue weighted by atomic mass is 9.96. The first-order chi connectivity index (χ1) is 9.70. The fourth-order valence-corrected chi connectivity index (χ4v) is 4.23. The summed E-state index contributed by atoms with van der Waals surface area (Å²) in [6.07, 6.45) is 5.53. The lowest BCUT2D eigenvalue weighted by Gasteiger charge is -2.18. The van der Waals surface area contributed by atoms with E-state index in [0.29, 0.717) is 11.8 Å². The summed E-state index contributed by atoms with van der Waals surface area (Å²) in [7, 11) is 0. The molecule has 0 radical (unpaired) electrons. The SMILES string of the molecule is Cc1sc2ncnc(NCC3CCCC3CN)c2c1C. The van der Waals surface area contributed by atoms with Crippen molar-refractivity contribution in [1.82, 2.24) is 9.97 Å². The van der Waals surface area contributed by atoms with Gasteiger partial charge in [-0.25, -0.2) is 9.97 Å². The highest BCUT2D eigenvalue weighted by Crippen LogP contribution is 2.34. The number of aryl methyl sites for hydroxylation is 2. The second-order valence-corrected chi connectivity index (χ2v) is 6.96. The third-order valence-electron chi connectivity index (χ3n) is 4.62. The number of rotatable bonds is 4. The Kier molecular flexibility index (Phi) is 3.89. The van der Waals surface area contributed by atoms with E-state index in [1.165, 1.54) is 35.1 Å². The average Bonchev–Trinajstić information content (AvgIpc) is 3.02. The molecule has 0 bridgehead atoms. The molecule has 5 heteroatoms. The summed E-state index contributed by atoms with van der Waals surface area (Å²) in [5.41, 5.74) is 7.16. The number of hydrogen-bond acceptors (Lipinski definition) is 5. The maximum atomic E-state index is 5.86. The Hall–Kier alpha value is -1.20. The number of anilines is 1. The summed E-state index contributed by atoms with van der Waals surface area (Å²) in [5, 5.41) is 4.74. The van der Waals surface area contributed by atoms with Crippen molar-refractivity contribution < 1.29 is 0 Å². The number of nitrogens with zero attached hydrogens (tertiary/aromatic N) is 2. The maximum Gasteiger partial charge on any atom is 0.138 e. The standard InChI is InChI=1S/C15H22N4S/c1-9-10(2)20-15-13(9)14(18-8-19-15)17-7-12-5-3-4-11(12)6-16/h8,11-12H,3-7,16H2,1-2H3,(H,17,18,19). The molecule has 0 amide bonds. The average molecular weight is 290 g/mol. The predicted molar refractivity (Wildman–Crippen MR) is 85.3 cm³/mol. The summed E-state index contributed by atoms with van der Waals surface area (Å²) >= 11 is 1.74. The molecule has 2 atom stereocenters. The Balaban J connectivity index is 1.81. The third kappa shape index (κ3) is 2.40. The van der Waals surface area contributed by atoms with Gasteiger partial charge in [0.1, 0.15) is 17.0 Å². The normalized spacial score (nSPS) is 22.6. The first kappa shape index (κ1) is 13.8. The monoisotopic (exact) mass is 290 g/mol. The Bertz CT molecular complexity index is 607. The van der Waals surface area contributed by atoms with Gasteiger partial charge < -0.3 is 11.1 Å². The largest absolute Gasteiger partial charge is 0.369 e. The van der Waals surface area contributed by atoms with Crippen LogP contribution in [0.4, 0.5) is 5.82 Å². The molecule has 20 heavy (non-hydrogen) atoms. The molecule has 2 heterocycles. The van der Waals surface area contributed by atoms with Crippen molar-refractivity contribution in [2.45, 2.75) is 33.1 Å². The first-order valence-corrected chi connectivity index (χ1v) is 8.17. The lowest BCUT2D eigenvalue weighted by molar-refractivity contribution is 0.414. The number of aromatic nitrogens is 2. The molecule has 0 aliphatic heterocycles. The van der Waals surface area contributed by atoms with Crippen LogP contribution in [0, 0.1) is 25.7 Å². The van der Waals surface area contributed by atoms with Gasteiger partial charge in [-0.3, -0.25) is 0 Å². The van der Waals surface area contributed by atoms with Crippen LogP contribution in [-0.2, 0) is 0 Å². The van der Waals surface area contributed by atoms with Gasteiger partial charge in [-0.05, 0) is 50.6 Å². The fraction of sp³-hybridized carbons (Fsp3) is 0.600. The Morgan fingerprint density at radius 3 is 2.90 bits per heavy atom. The lowest BCUT2D eigenvalue weighted by Crippen LogP contribution is -2.24. The van der Waals surface area contributed by atoms with Gasteiger partial charge >= 0.3 is 0 Å². The van der Waals surface area contributed by atoms with Crippen molar-refractivity contribution >= 4 is 27.4 Å². The highest BCUT2D eigenvalue weighted by atomic mass is 32.1. The molecule has 1 fully saturated rings. The van der Waals surface area contributed by atoms with E-state index in [1.807, 2.05) is 0 Å². The summed E-state index contributed by atoms with van der Waals surface area (Å²) in [4.78, 5) is 11.2. The molecule has 4 nitrogen and oxygen atoms in total. The zero-order valence-corrected chi connectivity index (χ0v) is 13.0. The van der Waals surface area contributed by atoms with Gasteiger partial charge in [-0.2, -0.15) is 0 Å². The van der Waals surface area contributed by atoms with Gasteiger partial charge in [0.05, 0.1) is 5.39 Å². The predicted octanol–water partition coefficient (Wildman–Crippen LogP) is 3.10. The summed E-state index contributed by atoms with van der Waals surface area (Å²) in [6.45, 7) is 6.08. The molecular formula is C15H22N4S. The van der Waals surface area contributed by atoms with Gasteiger partial charge in [0.25, 0.3) is 0 Å². The van der Waals surface area contributed by atoms with E-state index in [9.17, 15) is 0 Å². The number of thiophene rings is 1. The third-order valence-corrected chi connectivity index (χ3v) is 5.73. The van der Waals surface area contributed by atoms with E-state index in [1.54, 1.807) is 17.7 Å². The van der Waals surface area contributed by atoms with Crippen LogP contribution in [0.5, 0.6) is 0 Å². The van der Waals surface area contributed by atoms with Crippen LogP contribution in [0.15, 0.2) is 6.33 Å². The van der Waals surface area contributed by atoms with Crippen LogP contribution in [0.1, 0.15) is 29.7 Å². The first-order valence-electron chi connectivity index (χ1n) is 7.35. The van der Waals surface area contributed by atoms with E-state index in [4.69, 9.17) is 5.73 Å². The zero-order valence-electron chi connectivity index (χ0n) is 12.1. The Morgan fingerprint density at radius 2 is 2.10 bits per heavy atom. The van der Waals surface area contributed by atoms with Crippen molar-refractivity contribution in [3.05, 3.63) is 16.8 Å². The van der Waals surface area contributed by atoms with Crippen LogP contribution in [0.2, 0.25) is 0 Å². The molecule has 2 unspecified atom stereocenters. The zero-order chi connectivity index (χ0) is 14.1. The van der Waals surface area contributed by atoms with Crippen LogP contribution >= 0.6 is 11.3 Å². The van der Waals surface area contributed by atoms with Crippen LogP contribution in [0.25, 0.3) is 10.2 Å². The summed E-state index contributed by atoms with van der Waals surface area (Å²) in [6, 6.07) is 0. The van der Waals surface area contributed by atoms with Crippen molar-refractivity contribution in [3.8, 4) is 0 Å². The molecule has 1 aliphatic rings. The molecule has 1 aliphatic carbocycles. The quantitative estimate of drug-likeness (QED) is 0.908. The number of nitrogens with two attached hydrogens (primary N) is 1. The number of nitrogens with one attached hydrogen (secondary N) is 1. The second-order valence-electron chi connectivity index (χ2n) is 5.75. The molecular weight excluding hydrogens is 268 g/mol. The number of fused-ring (bicyclic) bond motifs is 1. The Labute approximate surface area is 123 Å². The van der Waals surface area contributed by atoms with E-state index in [2.05, 4.69) is 29.1 Å². The van der Waals surface area contributed by atoms with Crippen LogP contribution < -0.4 is 11.1 Å². The minimum absolute atomic E-state index is 0.671. The van der Waals surface area contributed by atoms with Gasteiger partial charge in [0, 0.05) is 11.4 Å². The molecule has 0 saturated heterocycles. The topological polar surface area (TPSA) is 63.8 Å². The molecule has 2 aromatic rings. The maximum absolute atomic E-state index is 5.86. The van der Waals surface area contributed by atoms with E-state index in [0.717, 1.165) is 23.7 Å². The summed E-state index contributed by atoms with van der Waals surface area (Å²) in [5.74, 6) is 2.34. The van der Waals surface area contributed by atoms with Crippen molar-refractivity contribution in [2.75, 3.05) is 18.4 Å². The Morgan fingerprint density at radius 1 is 1.30 bits per heavy atom. The minimum Gasteiger partial charge on any atom is -0.369 e. The van der Waals surface area contributed by atoms with Crippen molar-refractivity contribution in [1.29, 1.82) is 0 Å². The fourth-order valence-electron chi connectivity index (χ4n) is 3.24.